The van der Waals surface area contributed by atoms with Crippen LogP contribution < -0.4 is 10.6 Å². The Morgan fingerprint density at radius 2 is 1.81 bits per heavy atom. The number of aromatic nitrogens is 1. The highest BCUT2D eigenvalue weighted by atomic mass is 32.1. The minimum atomic E-state index is -0.446. The first-order valence-corrected chi connectivity index (χ1v) is 11.6. The van der Waals surface area contributed by atoms with Crippen LogP contribution in [0, 0.1) is 10.1 Å². The Labute approximate surface area is 211 Å². The number of thiocarbonyl (C=S) groups is 1. The molecule has 0 saturated carbocycles. The molecule has 36 heavy (non-hydrogen) atoms. The zero-order chi connectivity index (χ0) is 25.1. The summed E-state index contributed by atoms with van der Waals surface area (Å²) in [5, 5.41) is 17.6. The second-order valence-corrected chi connectivity index (χ2v) is 8.56. The Bertz CT molecular complexity index is 1390. The first-order chi connectivity index (χ1) is 17.5. The summed E-state index contributed by atoms with van der Waals surface area (Å²) in [6.45, 7) is 0.00227. The lowest BCUT2D eigenvalue weighted by molar-refractivity contribution is -0.384. The monoisotopic (exact) mass is 499 g/mol. The van der Waals surface area contributed by atoms with Crippen LogP contribution in [0.1, 0.15) is 23.5 Å². The second-order valence-electron chi connectivity index (χ2n) is 8.17. The van der Waals surface area contributed by atoms with Crippen molar-refractivity contribution >= 4 is 34.6 Å². The highest BCUT2D eigenvalue weighted by molar-refractivity contribution is 7.80. The van der Waals surface area contributed by atoms with Crippen molar-refractivity contribution < 1.29 is 14.1 Å². The van der Waals surface area contributed by atoms with Gasteiger partial charge in [0.05, 0.1) is 16.7 Å². The summed E-state index contributed by atoms with van der Waals surface area (Å²) in [6, 6.07) is 23.8. The number of amides is 1. The molecule has 1 fully saturated rings. The number of hydrogen-bond acceptors (Lipinski definition) is 6. The maximum Gasteiger partial charge on any atom is 0.269 e. The number of pyridine rings is 1. The molecule has 0 aliphatic carbocycles. The molecule has 1 amide bonds. The van der Waals surface area contributed by atoms with Gasteiger partial charge in [-0.2, -0.15) is 0 Å². The summed E-state index contributed by atoms with van der Waals surface area (Å²) in [5.74, 6) is 0.907. The average molecular weight is 500 g/mol. The molecule has 180 valence electrons. The van der Waals surface area contributed by atoms with Gasteiger partial charge in [0.25, 0.3) is 5.69 Å². The van der Waals surface area contributed by atoms with Crippen LogP contribution in [0.2, 0.25) is 0 Å². The van der Waals surface area contributed by atoms with Crippen LogP contribution in [0.25, 0.3) is 11.3 Å². The molecule has 0 radical (unpaired) electrons. The van der Waals surface area contributed by atoms with E-state index in [9.17, 15) is 14.9 Å². The number of anilines is 1. The maximum absolute atomic E-state index is 12.9. The van der Waals surface area contributed by atoms with E-state index in [0.29, 0.717) is 27.9 Å². The SMILES string of the molecule is O=C(CN1C(=S)N[C@@H](c2ccccn2)[C@H]1c1ccc(-c2ccc([N+](=O)[O-])cc2)o1)Nc1ccccc1. The third kappa shape index (κ3) is 4.80. The van der Waals surface area contributed by atoms with Crippen LogP contribution >= 0.6 is 12.2 Å². The summed E-state index contributed by atoms with van der Waals surface area (Å²) in [5.41, 5.74) is 2.14. The van der Waals surface area contributed by atoms with Crippen LogP contribution in [-0.4, -0.2) is 32.4 Å². The first kappa shape index (κ1) is 23.2. The largest absolute Gasteiger partial charge is 0.459 e. The molecule has 2 atom stereocenters. The van der Waals surface area contributed by atoms with Crippen molar-refractivity contribution in [3.63, 3.8) is 0 Å². The molecule has 1 aliphatic heterocycles. The third-order valence-corrected chi connectivity index (χ3v) is 6.20. The molecule has 1 saturated heterocycles. The summed E-state index contributed by atoms with van der Waals surface area (Å²) in [7, 11) is 0. The van der Waals surface area contributed by atoms with E-state index in [-0.39, 0.29) is 24.2 Å². The normalized spacial score (nSPS) is 17.0. The van der Waals surface area contributed by atoms with Gasteiger partial charge in [0.1, 0.15) is 24.1 Å². The predicted molar refractivity (Wildman–Crippen MR) is 138 cm³/mol. The third-order valence-electron chi connectivity index (χ3n) is 5.85. The number of hydrogen-bond donors (Lipinski definition) is 2. The lowest BCUT2D eigenvalue weighted by Crippen LogP contribution is -2.36. The van der Waals surface area contributed by atoms with Crippen LogP contribution in [0.5, 0.6) is 0 Å². The minimum absolute atomic E-state index is 0.00157. The predicted octanol–water partition coefficient (Wildman–Crippen LogP) is 4.86. The number of para-hydroxylation sites is 1. The Morgan fingerprint density at radius 1 is 1.06 bits per heavy atom. The van der Waals surface area contributed by atoms with Gasteiger partial charge in [0.2, 0.25) is 5.91 Å². The molecule has 5 rings (SSSR count). The van der Waals surface area contributed by atoms with Gasteiger partial charge in [-0.15, -0.1) is 0 Å². The van der Waals surface area contributed by atoms with E-state index in [2.05, 4.69) is 15.6 Å². The highest BCUT2D eigenvalue weighted by Crippen LogP contribution is 2.40. The number of nitro groups is 1. The molecular weight excluding hydrogens is 478 g/mol. The lowest BCUT2D eigenvalue weighted by atomic mass is 10.0. The maximum atomic E-state index is 12.9. The number of rotatable bonds is 7. The van der Waals surface area contributed by atoms with Gasteiger partial charge in [-0.05, 0) is 60.7 Å². The van der Waals surface area contributed by atoms with Crippen LogP contribution in [-0.2, 0) is 4.79 Å². The number of nitro benzene ring substituents is 1. The second kappa shape index (κ2) is 9.96. The van der Waals surface area contributed by atoms with Crippen molar-refractivity contribution in [2.45, 2.75) is 12.1 Å². The fourth-order valence-corrected chi connectivity index (χ4v) is 4.48. The average Bonchev–Trinajstić information content (AvgIpc) is 3.50. The first-order valence-electron chi connectivity index (χ1n) is 11.2. The molecule has 3 heterocycles. The van der Waals surface area contributed by atoms with Crippen molar-refractivity contribution in [1.29, 1.82) is 0 Å². The van der Waals surface area contributed by atoms with Crippen molar-refractivity contribution in [3.05, 3.63) is 113 Å². The quantitative estimate of drug-likeness (QED) is 0.211. The van der Waals surface area contributed by atoms with E-state index in [1.807, 2.05) is 54.6 Å². The van der Waals surface area contributed by atoms with Crippen LogP contribution in [0.15, 0.2) is 95.5 Å². The van der Waals surface area contributed by atoms with E-state index >= 15 is 0 Å². The molecule has 2 aromatic heterocycles. The zero-order valence-electron chi connectivity index (χ0n) is 18.9. The number of nitrogens with one attached hydrogen (secondary N) is 2. The topological polar surface area (TPSA) is 114 Å². The van der Waals surface area contributed by atoms with Crippen molar-refractivity contribution in [2.75, 3.05) is 11.9 Å². The molecule has 4 aromatic rings. The zero-order valence-corrected chi connectivity index (χ0v) is 19.7. The van der Waals surface area contributed by atoms with Crippen molar-refractivity contribution in [2.24, 2.45) is 0 Å². The van der Waals surface area contributed by atoms with Gasteiger partial charge >= 0.3 is 0 Å². The summed E-state index contributed by atoms with van der Waals surface area (Å²) in [4.78, 5) is 29.7. The van der Waals surface area contributed by atoms with Gasteiger partial charge in [0, 0.05) is 29.6 Å². The minimum Gasteiger partial charge on any atom is -0.459 e. The smallest absolute Gasteiger partial charge is 0.269 e. The van der Waals surface area contributed by atoms with E-state index in [1.165, 1.54) is 12.1 Å². The van der Waals surface area contributed by atoms with E-state index < -0.39 is 11.0 Å². The van der Waals surface area contributed by atoms with E-state index in [0.717, 1.165) is 5.69 Å². The Balaban J connectivity index is 1.45. The van der Waals surface area contributed by atoms with Gasteiger partial charge in [0.15, 0.2) is 5.11 Å². The Hall–Kier alpha value is -4.57. The molecule has 9 nitrogen and oxygen atoms in total. The number of furan rings is 1. The lowest BCUT2D eigenvalue weighted by Gasteiger charge is -2.25. The molecule has 10 heteroatoms. The molecule has 2 aromatic carbocycles. The summed E-state index contributed by atoms with van der Waals surface area (Å²) >= 11 is 5.62. The van der Waals surface area contributed by atoms with E-state index in [4.69, 9.17) is 16.6 Å². The van der Waals surface area contributed by atoms with Crippen LogP contribution in [0.3, 0.4) is 0 Å². The summed E-state index contributed by atoms with van der Waals surface area (Å²) in [6.07, 6.45) is 1.70. The number of non-ortho nitro benzene ring substituents is 1. The molecule has 0 bridgehead atoms. The summed E-state index contributed by atoms with van der Waals surface area (Å²) < 4.78 is 6.21. The molecule has 1 aliphatic rings. The number of carbonyl (C=O) groups excluding carboxylic acids is 1. The van der Waals surface area contributed by atoms with E-state index in [1.54, 1.807) is 29.3 Å². The fraction of sp³-hybridized carbons (Fsp3) is 0.115. The van der Waals surface area contributed by atoms with Crippen LogP contribution in [0.4, 0.5) is 11.4 Å². The fourth-order valence-electron chi connectivity index (χ4n) is 4.18. The molecule has 0 spiro atoms. The van der Waals surface area contributed by atoms with Gasteiger partial charge < -0.3 is 20.0 Å². The van der Waals surface area contributed by atoms with Gasteiger partial charge in [-0.1, -0.05) is 24.3 Å². The Kier molecular flexibility index (Phi) is 6.42. The van der Waals surface area contributed by atoms with Crippen molar-refractivity contribution in [3.8, 4) is 11.3 Å². The van der Waals surface area contributed by atoms with Gasteiger partial charge in [-0.3, -0.25) is 19.9 Å². The molecular formula is C26H21N5O4S. The number of carbonyl (C=O) groups is 1. The standard InChI is InChI=1S/C26H21N5O4S/c32-23(28-18-6-2-1-3-7-18)16-30-25(24(29-26(30)36)20-8-4-5-15-27-20)22-14-13-21(35-22)17-9-11-19(12-10-17)31(33)34/h1-15,24-25H,16H2,(H,28,32)(H,29,36)/t24-,25+/m0/s1. The molecule has 0 unspecified atom stereocenters. The van der Waals surface area contributed by atoms with Crippen molar-refractivity contribution in [1.82, 2.24) is 15.2 Å². The van der Waals surface area contributed by atoms with Gasteiger partial charge in [-0.25, -0.2) is 0 Å². The Morgan fingerprint density at radius 3 is 2.50 bits per heavy atom. The number of benzene rings is 2. The molecule has 2 N–H and O–H groups in total. The highest BCUT2D eigenvalue weighted by Gasteiger charge is 2.42. The number of nitrogens with zero attached hydrogens (tertiary/aromatic N) is 3.